The molecule has 0 aromatic heterocycles. The van der Waals surface area contributed by atoms with E-state index in [-0.39, 0.29) is 16.0 Å². The van der Waals surface area contributed by atoms with Crippen LogP contribution in [0, 0.1) is 6.92 Å². The maximum Gasteiger partial charge on any atom is 0.127 e. The molecule has 1 fully saturated rings. The van der Waals surface area contributed by atoms with Crippen LogP contribution >= 0.6 is 8.58 Å². The molecule has 0 radical (unpaired) electrons. The minimum atomic E-state index is -0.0420. The number of anilines is 1. The number of nitrogens with zero attached hydrogens (tertiary/aromatic N) is 1. The van der Waals surface area contributed by atoms with Crippen LogP contribution in [0.2, 0.25) is 0 Å². The molecule has 1 heterocycles. The molecule has 0 amide bonds. The number of hydrogen-bond donors (Lipinski definition) is 0. The molecular weight excluding hydrogens is 529 g/mol. The Kier molecular flexibility index (Phi) is 10.5. The molecule has 2 unspecified atom stereocenters. The first kappa shape index (κ1) is 32.6. The van der Waals surface area contributed by atoms with Gasteiger partial charge in [0.2, 0.25) is 0 Å². The third-order valence-electron chi connectivity index (χ3n) is 8.87. The zero-order chi connectivity index (χ0) is 30.5. The molecule has 228 valence electrons. The quantitative estimate of drug-likeness (QED) is 0.219. The molecule has 0 spiro atoms. The molecule has 4 rings (SSSR count). The highest BCUT2D eigenvalue weighted by atomic mass is 31.1. The molecule has 0 saturated carbocycles. The van der Waals surface area contributed by atoms with Crippen LogP contribution in [-0.2, 0) is 22.6 Å². The first-order valence-electron chi connectivity index (χ1n) is 16.3. The summed E-state index contributed by atoms with van der Waals surface area (Å²) >= 11 is 0. The van der Waals surface area contributed by atoms with Crippen LogP contribution in [0.1, 0.15) is 122 Å². The number of benzene rings is 3. The standard InChI is InChI=1S/C39H56NOP/c1-10-11-22-39(9,42-35-21-20-29(2)25-34(35)40-23-16-13-17-24-40)33-27-31(37(3,4)5)26-32(38(6,7)8)36(33)41-28-30-18-14-12-15-19-30/h12,14-15,18-21,25-27,42H,10-11,13,16-17,22-24,28H2,1-9H3. The normalized spacial score (nSPS) is 16.2. The molecular formula is C39H56NOP. The van der Waals surface area contributed by atoms with Crippen LogP contribution in [0.4, 0.5) is 5.69 Å². The number of rotatable bonds is 10. The van der Waals surface area contributed by atoms with Gasteiger partial charge in [-0.05, 0) is 71.5 Å². The predicted molar refractivity (Wildman–Crippen MR) is 187 cm³/mol. The topological polar surface area (TPSA) is 12.5 Å². The van der Waals surface area contributed by atoms with Crippen molar-refractivity contribution in [2.45, 2.75) is 123 Å². The number of ether oxygens (including phenoxy) is 1. The van der Waals surface area contributed by atoms with E-state index in [4.69, 9.17) is 4.74 Å². The number of unbranched alkanes of at least 4 members (excludes halogenated alkanes) is 1. The summed E-state index contributed by atoms with van der Waals surface area (Å²) in [6, 6.07) is 22.8. The fraction of sp³-hybridized carbons (Fsp3) is 0.538. The Bertz CT molecular complexity index is 1310. The monoisotopic (exact) mass is 585 g/mol. The van der Waals surface area contributed by atoms with E-state index in [1.807, 2.05) is 0 Å². The second kappa shape index (κ2) is 13.5. The van der Waals surface area contributed by atoms with Gasteiger partial charge in [0.1, 0.15) is 12.4 Å². The van der Waals surface area contributed by atoms with Crippen molar-refractivity contribution in [2.75, 3.05) is 18.0 Å². The number of hydrogen-bond acceptors (Lipinski definition) is 2. The number of aryl methyl sites for hydroxylation is 1. The summed E-state index contributed by atoms with van der Waals surface area (Å²) < 4.78 is 6.97. The minimum Gasteiger partial charge on any atom is -0.488 e. The average Bonchev–Trinajstić information content (AvgIpc) is 2.95. The van der Waals surface area contributed by atoms with Gasteiger partial charge in [-0.2, -0.15) is 0 Å². The lowest BCUT2D eigenvalue weighted by molar-refractivity contribution is 0.290. The highest BCUT2D eigenvalue weighted by Crippen LogP contribution is 2.53. The Morgan fingerprint density at radius 1 is 0.786 bits per heavy atom. The van der Waals surface area contributed by atoms with Crippen molar-refractivity contribution in [3.05, 3.63) is 88.5 Å². The third-order valence-corrected chi connectivity index (χ3v) is 10.6. The lowest BCUT2D eigenvalue weighted by Gasteiger charge is -2.38. The van der Waals surface area contributed by atoms with E-state index in [1.54, 1.807) is 0 Å². The van der Waals surface area contributed by atoms with Crippen molar-refractivity contribution in [3.63, 3.8) is 0 Å². The third kappa shape index (κ3) is 7.99. The van der Waals surface area contributed by atoms with E-state index >= 15 is 0 Å². The lowest BCUT2D eigenvalue weighted by atomic mass is 9.76. The highest BCUT2D eigenvalue weighted by molar-refractivity contribution is 7.49. The zero-order valence-corrected chi connectivity index (χ0v) is 29.0. The highest BCUT2D eigenvalue weighted by Gasteiger charge is 2.36. The first-order valence-corrected chi connectivity index (χ1v) is 17.3. The van der Waals surface area contributed by atoms with Gasteiger partial charge in [-0.15, -0.1) is 0 Å². The van der Waals surface area contributed by atoms with Gasteiger partial charge >= 0.3 is 0 Å². The summed E-state index contributed by atoms with van der Waals surface area (Å²) in [5.74, 6) is 1.11. The first-order chi connectivity index (χ1) is 19.8. The maximum atomic E-state index is 6.97. The summed E-state index contributed by atoms with van der Waals surface area (Å²) in [4.78, 5) is 2.66. The Balaban J connectivity index is 1.91. The predicted octanol–water partition coefficient (Wildman–Crippen LogP) is 10.6. The van der Waals surface area contributed by atoms with Crippen molar-refractivity contribution in [2.24, 2.45) is 0 Å². The van der Waals surface area contributed by atoms with E-state index in [0.717, 1.165) is 12.2 Å². The van der Waals surface area contributed by atoms with Crippen molar-refractivity contribution < 1.29 is 4.74 Å². The molecule has 1 saturated heterocycles. The second-order valence-electron chi connectivity index (χ2n) is 14.8. The van der Waals surface area contributed by atoms with Gasteiger partial charge < -0.3 is 9.64 Å². The van der Waals surface area contributed by atoms with Crippen molar-refractivity contribution in [3.8, 4) is 5.75 Å². The largest absolute Gasteiger partial charge is 0.488 e. The Morgan fingerprint density at radius 3 is 2.07 bits per heavy atom. The summed E-state index contributed by atoms with van der Waals surface area (Å²) in [5, 5.41) is 1.47. The summed E-state index contributed by atoms with van der Waals surface area (Å²) in [6.45, 7) is 24.1. The Labute approximate surface area is 259 Å². The minimum absolute atomic E-state index is 0.0386. The Hall–Kier alpha value is -2.31. The molecule has 2 atom stereocenters. The van der Waals surface area contributed by atoms with Crippen LogP contribution in [0.15, 0.2) is 60.7 Å². The van der Waals surface area contributed by atoms with Gasteiger partial charge in [-0.3, -0.25) is 0 Å². The zero-order valence-electron chi connectivity index (χ0n) is 28.0. The fourth-order valence-electron chi connectivity index (χ4n) is 6.15. The van der Waals surface area contributed by atoms with Crippen molar-refractivity contribution in [1.82, 2.24) is 0 Å². The van der Waals surface area contributed by atoms with E-state index in [1.165, 1.54) is 84.0 Å². The van der Waals surface area contributed by atoms with Crippen LogP contribution in [-0.4, -0.2) is 13.1 Å². The SMILES string of the molecule is CCCCC(C)(Pc1ccc(C)cc1N1CCCCC1)c1cc(C(C)(C)C)cc(C(C)(C)C)c1OCc1ccccc1. The molecule has 3 heteroatoms. The molecule has 0 bridgehead atoms. The van der Waals surface area contributed by atoms with Gasteiger partial charge in [0.05, 0.1) is 0 Å². The van der Waals surface area contributed by atoms with Crippen LogP contribution in [0.25, 0.3) is 0 Å². The van der Waals surface area contributed by atoms with Gasteiger partial charge in [0, 0.05) is 35.1 Å². The summed E-state index contributed by atoms with van der Waals surface area (Å²) in [5.41, 5.74) is 8.17. The van der Waals surface area contributed by atoms with Gasteiger partial charge in [-0.25, -0.2) is 0 Å². The second-order valence-corrected chi connectivity index (χ2v) is 16.7. The molecule has 42 heavy (non-hydrogen) atoms. The molecule has 1 aliphatic rings. The Morgan fingerprint density at radius 2 is 1.45 bits per heavy atom. The molecule has 0 N–H and O–H groups in total. The van der Waals surface area contributed by atoms with Crippen LogP contribution < -0.4 is 14.9 Å². The molecule has 1 aliphatic heterocycles. The average molecular weight is 586 g/mol. The van der Waals surface area contributed by atoms with E-state index < -0.39 is 0 Å². The lowest BCUT2D eigenvalue weighted by Crippen LogP contribution is -2.33. The van der Waals surface area contributed by atoms with E-state index in [0.29, 0.717) is 15.2 Å². The molecule has 3 aromatic rings. The summed E-state index contributed by atoms with van der Waals surface area (Å²) in [7, 11) is 0.661. The maximum absolute atomic E-state index is 6.97. The summed E-state index contributed by atoms with van der Waals surface area (Å²) in [6.07, 6.45) is 7.49. The number of piperidine rings is 1. The van der Waals surface area contributed by atoms with E-state index in [9.17, 15) is 0 Å². The van der Waals surface area contributed by atoms with E-state index in [2.05, 4.69) is 128 Å². The van der Waals surface area contributed by atoms with Crippen LogP contribution in [0.5, 0.6) is 5.75 Å². The van der Waals surface area contributed by atoms with Gasteiger partial charge in [0.25, 0.3) is 0 Å². The van der Waals surface area contributed by atoms with Gasteiger partial charge in [0.15, 0.2) is 0 Å². The molecule has 0 aliphatic carbocycles. The van der Waals surface area contributed by atoms with Crippen molar-refractivity contribution in [1.29, 1.82) is 0 Å². The smallest absolute Gasteiger partial charge is 0.127 e. The fourth-order valence-corrected chi connectivity index (χ4v) is 7.89. The molecule has 3 aromatic carbocycles. The van der Waals surface area contributed by atoms with Crippen molar-refractivity contribution >= 4 is 19.6 Å². The molecule has 2 nitrogen and oxygen atoms in total. The van der Waals surface area contributed by atoms with Gasteiger partial charge in [-0.1, -0.05) is 131 Å². The van der Waals surface area contributed by atoms with Crippen LogP contribution in [0.3, 0.4) is 0 Å².